The average Bonchev–Trinajstić information content (AvgIpc) is 2.49. The van der Waals surface area contributed by atoms with Crippen LogP contribution in [-0.2, 0) is 4.79 Å². The third-order valence-corrected chi connectivity index (χ3v) is 4.84. The molecule has 104 valence electrons. The average molecular weight is 396 g/mol. The van der Waals surface area contributed by atoms with Crippen LogP contribution in [0, 0.1) is 0 Å². The molecule has 2 aromatic carbocycles. The van der Waals surface area contributed by atoms with E-state index in [1.54, 1.807) is 0 Å². The zero-order valence-corrected chi connectivity index (χ0v) is 14.2. The molecule has 0 N–H and O–H groups in total. The van der Waals surface area contributed by atoms with Gasteiger partial charge in [0.25, 0.3) is 0 Å². The molecule has 0 bridgehead atoms. The van der Waals surface area contributed by atoms with Crippen molar-refractivity contribution in [1.29, 1.82) is 0 Å². The molecule has 1 nitrogen and oxygen atoms in total. The van der Waals surface area contributed by atoms with E-state index in [0.717, 1.165) is 11.1 Å². The molecule has 0 fully saturated rings. The number of halogens is 2. The van der Waals surface area contributed by atoms with Crippen molar-refractivity contribution in [3.63, 3.8) is 0 Å². The predicted octanol–water partition coefficient (Wildman–Crippen LogP) is 5.61. The molecule has 3 heteroatoms. The molecule has 2 rings (SSSR count). The van der Waals surface area contributed by atoms with E-state index in [4.69, 9.17) is 0 Å². The Morgan fingerprint density at radius 2 is 1.10 bits per heavy atom. The maximum Gasteiger partial charge on any atom is 0.135 e. The van der Waals surface area contributed by atoms with Crippen LogP contribution in [0.5, 0.6) is 0 Å². The molecule has 0 aromatic heterocycles. The van der Waals surface area contributed by atoms with Crippen molar-refractivity contribution in [2.45, 2.75) is 22.5 Å². The molecule has 0 radical (unpaired) electrons. The van der Waals surface area contributed by atoms with Crippen LogP contribution < -0.4 is 0 Å². The number of hydrogen-bond donors (Lipinski definition) is 0. The molecule has 2 atom stereocenters. The molecule has 0 amide bonds. The highest BCUT2D eigenvalue weighted by molar-refractivity contribution is 9.09. The maximum absolute atomic E-state index is 12.2. The van der Waals surface area contributed by atoms with Gasteiger partial charge in [0.15, 0.2) is 0 Å². The van der Waals surface area contributed by atoms with E-state index in [1.807, 2.05) is 60.7 Å². The van der Waals surface area contributed by atoms with E-state index in [0.29, 0.717) is 12.8 Å². The Balaban J connectivity index is 1.90. The third-order valence-electron chi connectivity index (χ3n) is 3.14. The summed E-state index contributed by atoms with van der Waals surface area (Å²) in [5.41, 5.74) is 2.29. The van der Waals surface area contributed by atoms with Crippen LogP contribution in [0.3, 0.4) is 0 Å². The van der Waals surface area contributed by atoms with Crippen molar-refractivity contribution in [3.8, 4) is 0 Å². The van der Waals surface area contributed by atoms with Gasteiger partial charge in [0.1, 0.15) is 5.78 Å². The van der Waals surface area contributed by atoms with Gasteiger partial charge in [-0.2, -0.15) is 0 Å². The van der Waals surface area contributed by atoms with Crippen molar-refractivity contribution in [3.05, 3.63) is 71.8 Å². The van der Waals surface area contributed by atoms with Gasteiger partial charge in [-0.3, -0.25) is 4.79 Å². The number of ketones is 1. The lowest BCUT2D eigenvalue weighted by Crippen LogP contribution is -2.05. The minimum absolute atomic E-state index is 0.0895. The van der Waals surface area contributed by atoms with Gasteiger partial charge in [0.2, 0.25) is 0 Å². The highest BCUT2D eigenvalue weighted by Crippen LogP contribution is 2.31. The smallest absolute Gasteiger partial charge is 0.135 e. The first kappa shape index (κ1) is 15.5. The number of alkyl halides is 2. The summed E-state index contributed by atoms with van der Waals surface area (Å²) in [6, 6.07) is 20.1. The lowest BCUT2D eigenvalue weighted by molar-refractivity contribution is -0.119. The van der Waals surface area contributed by atoms with Crippen LogP contribution >= 0.6 is 31.9 Å². The SMILES string of the molecule is O=C(CC(Br)c1ccccc1)CC(Br)c1ccccc1. The summed E-state index contributed by atoms with van der Waals surface area (Å²) >= 11 is 7.19. The molecule has 0 saturated heterocycles. The Hall–Kier alpha value is -0.930. The molecule has 2 aromatic rings. The topological polar surface area (TPSA) is 17.1 Å². The van der Waals surface area contributed by atoms with Crippen LogP contribution in [-0.4, -0.2) is 5.78 Å². The highest BCUT2D eigenvalue weighted by Gasteiger charge is 2.17. The number of carbonyl (C=O) groups excluding carboxylic acids is 1. The van der Waals surface area contributed by atoms with Gasteiger partial charge < -0.3 is 0 Å². The molecular weight excluding hydrogens is 380 g/mol. The first-order valence-electron chi connectivity index (χ1n) is 6.56. The van der Waals surface area contributed by atoms with Gasteiger partial charge in [-0.15, -0.1) is 0 Å². The van der Waals surface area contributed by atoms with Gasteiger partial charge >= 0.3 is 0 Å². The highest BCUT2D eigenvalue weighted by atomic mass is 79.9. The second kappa shape index (κ2) is 7.75. The van der Waals surface area contributed by atoms with E-state index in [-0.39, 0.29) is 15.4 Å². The predicted molar refractivity (Wildman–Crippen MR) is 90.5 cm³/mol. The molecule has 0 heterocycles. The van der Waals surface area contributed by atoms with Gasteiger partial charge in [-0.1, -0.05) is 92.5 Å². The Morgan fingerprint density at radius 1 is 0.750 bits per heavy atom. The summed E-state index contributed by atoms with van der Waals surface area (Å²) < 4.78 is 0. The van der Waals surface area contributed by atoms with Crippen molar-refractivity contribution < 1.29 is 4.79 Å². The van der Waals surface area contributed by atoms with Crippen molar-refractivity contribution >= 4 is 37.6 Å². The monoisotopic (exact) mass is 394 g/mol. The van der Waals surface area contributed by atoms with Gasteiger partial charge in [0, 0.05) is 22.5 Å². The van der Waals surface area contributed by atoms with Gasteiger partial charge in [-0.25, -0.2) is 0 Å². The first-order valence-corrected chi connectivity index (χ1v) is 8.39. The summed E-state index contributed by atoms with van der Waals surface area (Å²) in [6.07, 6.45) is 1.03. The van der Waals surface area contributed by atoms with Gasteiger partial charge in [-0.05, 0) is 11.1 Å². The second-order valence-corrected chi connectivity index (χ2v) is 6.91. The van der Waals surface area contributed by atoms with Crippen molar-refractivity contribution in [1.82, 2.24) is 0 Å². The van der Waals surface area contributed by atoms with Crippen molar-refractivity contribution in [2.75, 3.05) is 0 Å². The van der Waals surface area contributed by atoms with Gasteiger partial charge in [0.05, 0.1) is 0 Å². The molecule has 0 aliphatic carbocycles. The van der Waals surface area contributed by atoms with Crippen LogP contribution in [0.15, 0.2) is 60.7 Å². The van der Waals surface area contributed by atoms with E-state index < -0.39 is 0 Å². The van der Waals surface area contributed by atoms with E-state index in [1.165, 1.54) is 0 Å². The zero-order valence-electron chi connectivity index (χ0n) is 11.0. The minimum atomic E-state index is 0.0895. The van der Waals surface area contributed by atoms with Crippen LogP contribution in [0.2, 0.25) is 0 Å². The molecule has 2 unspecified atom stereocenters. The molecule has 0 aliphatic heterocycles. The number of carbonyl (C=O) groups is 1. The van der Waals surface area contributed by atoms with E-state index in [9.17, 15) is 4.79 Å². The molecule has 20 heavy (non-hydrogen) atoms. The third kappa shape index (κ3) is 4.57. The van der Waals surface area contributed by atoms with E-state index >= 15 is 0 Å². The summed E-state index contributed by atoms with van der Waals surface area (Å²) in [4.78, 5) is 12.3. The van der Waals surface area contributed by atoms with E-state index in [2.05, 4.69) is 31.9 Å². The molecule has 0 aliphatic rings. The minimum Gasteiger partial charge on any atom is -0.300 e. The quantitative estimate of drug-likeness (QED) is 0.581. The standard InChI is InChI=1S/C17H16Br2O/c18-16(13-7-3-1-4-8-13)11-15(20)12-17(19)14-9-5-2-6-10-14/h1-10,16-17H,11-12H2. The molecule has 0 saturated carbocycles. The number of hydrogen-bond acceptors (Lipinski definition) is 1. The Kier molecular flexibility index (Phi) is 5.99. The summed E-state index contributed by atoms with van der Waals surface area (Å²) in [7, 11) is 0. The zero-order chi connectivity index (χ0) is 14.4. The maximum atomic E-state index is 12.2. The van der Waals surface area contributed by atoms with Crippen LogP contribution in [0.4, 0.5) is 0 Å². The largest absolute Gasteiger partial charge is 0.300 e. The number of benzene rings is 2. The molecular formula is C17H16Br2O. The summed E-state index contributed by atoms with van der Waals surface area (Å²) in [5.74, 6) is 0.251. The second-order valence-electron chi connectivity index (χ2n) is 4.70. The summed E-state index contributed by atoms with van der Waals surface area (Å²) in [5, 5.41) is 0. The Labute approximate surface area is 136 Å². The Bertz CT molecular complexity index is 490. The fourth-order valence-corrected chi connectivity index (χ4v) is 3.38. The molecule has 0 spiro atoms. The Morgan fingerprint density at radius 3 is 1.45 bits per heavy atom. The first-order chi connectivity index (χ1) is 9.66. The lowest BCUT2D eigenvalue weighted by atomic mass is 10.0. The van der Waals surface area contributed by atoms with Crippen molar-refractivity contribution in [2.24, 2.45) is 0 Å². The van der Waals surface area contributed by atoms with Crippen LogP contribution in [0.25, 0.3) is 0 Å². The van der Waals surface area contributed by atoms with Crippen LogP contribution in [0.1, 0.15) is 33.6 Å². The number of Topliss-reactive ketones (excluding diaryl/α,β-unsaturated/α-hetero) is 1. The fourth-order valence-electron chi connectivity index (χ4n) is 2.04. The lowest BCUT2D eigenvalue weighted by Gasteiger charge is -2.12. The summed E-state index contributed by atoms with van der Waals surface area (Å²) in [6.45, 7) is 0. The number of rotatable bonds is 6. The normalized spacial score (nSPS) is 13.7. The fraction of sp³-hybridized carbons (Fsp3) is 0.235.